The van der Waals surface area contributed by atoms with Crippen LogP contribution in [0.1, 0.15) is 25.1 Å². The molecule has 15 heavy (non-hydrogen) atoms. The highest BCUT2D eigenvalue weighted by Gasteiger charge is 2.20. The molecule has 0 aliphatic carbocycles. The minimum Gasteiger partial charge on any atom is -0.319 e. The zero-order chi connectivity index (χ0) is 11.1. The molecule has 0 bridgehead atoms. The normalized spacial score (nSPS) is 14.9. The standard InChI is InChI=1S/C12H21N3/c1-4-10(9-13-2)12(14-3)11-7-5-6-8-15-11/h5-8,10,12-14H,4,9H2,1-3H3. The van der Waals surface area contributed by atoms with E-state index in [-0.39, 0.29) is 0 Å². The van der Waals surface area contributed by atoms with Gasteiger partial charge in [-0.15, -0.1) is 0 Å². The van der Waals surface area contributed by atoms with E-state index in [1.165, 1.54) is 0 Å². The number of rotatable bonds is 6. The van der Waals surface area contributed by atoms with Gasteiger partial charge in [0.15, 0.2) is 0 Å². The van der Waals surface area contributed by atoms with Crippen molar-refractivity contribution >= 4 is 0 Å². The van der Waals surface area contributed by atoms with E-state index < -0.39 is 0 Å². The van der Waals surface area contributed by atoms with Crippen molar-refractivity contribution < 1.29 is 0 Å². The van der Waals surface area contributed by atoms with Crippen LogP contribution >= 0.6 is 0 Å². The molecule has 84 valence electrons. The Hall–Kier alpha value is -0.930. The molecule has 0 radical (unpaired) electrons. The molecule has 0 spiro atoms. The number of nitrogens with one attached hydrogen (secondary N) is 2. The summed E-state index contributed by atoms with van der Waals surface area (Å²) in [6.07, 6.45) is 2.99. The number of aromatic nitrogens is 1. The third-order valence-electron chi connectivity index (χ3n) is 2.78. The van der Waals surface area contributed by atoms with Crippen LogP contribution in [0.5, 0.6) is 0 Å². The van der Waals surface area contributed by atoms with Crippen LogP contribution in [-0.4, -0.2) is 25.6 Å². The highest BCUT2D eigenvalue weighted by atomic mass is 14.9. The van der Waals surface area contributed by atoms with Crippen molar-refractivity contribution in [1.29, 1.82) is 0 Å². The minimum absolute atomic E-state index is 0.337. The van der Waals surface area contributed by atoms with Gasteiger partial charge in [-0.3, -0.25) is 4.98 Å². The van der Waals surface area contributed by atoms with Crippen LogP contribution in [0.15, 0.2) is 24.4 Å². The lowest BCUT2D eigenvalue weighted by molar-refractivity contribution is 0.353. The van der Waals surface area contributed by atoms with Crippen LogP contribution < -0.4 is 10.6 Å². The van der Waals surface area contributed by atoms with Crippen molar-refractivity contribution in [2.24, 2.45) is 5.92 Å². The van der Waals surface area contributed by atoms with Crippen LogP contribution in [0.25, 0.3) is 0 Å². The summed E-state index contributed by atoms with van der Waals surface area (Å²) in [7, 11) is 3.99. The van der Waals surface area contributed by atoms with Gasteiger partial charge in [-0.1, -0.05) is 19.4 Å². The van der Waals surface area contributed by atoms with Gasteiger partial charge in [-0.25, -0.2) is 0 Å². The second-order valence-corrected chi connectivity index (χ2v) is 3.75. The van der Waals surface area contributed by atoms with Gasteiger partial charge in [-0.2, -0.15) is 0 Å². The van der Waals surface area contributed by atoms with Gasteiger partial charge in [0.05, 0.1) is 11.7 Å². The molecule has 3 nitrogen and oxygen atoms in total. The third-order valence-corrected chi connectivity index (χ3v) is 2.78. The first-order valence-corrected chi connectivity index (χ1v) is 5.56. The Morgan fingerprint density at radius 3 is 2.60 bits per heavy atom. The molecule has 0 aromatic carbocycles. The molecule has 0 saturated carbocycles. The maximum Gasteiger partial charge on any atom is 0.0576 e. The fourth-order valence-electron chi connectivity index (χ4n) is 1.95. The maximum atomic E-state index is 4.41. The van der Waals surface area contributed by atoms with Crippen molar-refractivity contribution in [3.63, 3.8) is 0 Å². The topological polar surface area (TPSA) is 37.0 Å². The van der Waals surface area contributed by atoms with E-state index in [1.807, 2.05) is 32.4 Å². The predicted molar refractivity (Wildman–Crippen MR) is 63.7 cm³/mol. The van der Waals surface area contributed by atoms with Crippen molar-refractivity contribution in [3.8, 4) is 0 Å². The molecule has 0 saturated heterocycles. The zero-order valence-electron chi connectivity index (χ0n) is 9.83. The Balaban J connectivity index is 2.77. The molecule has 0 aliphatic heterocycles. The lowest BCUT2D eigenvalue weighted by atomic mass is 9.94. The molecule has 2 atom stereocenters. The highest BCUT2D eigenvalue weighted by molar-refractivity contribution is 5.09. The van der Waals surface area contributed by atoms with E-state index in [0.717, 1.165) is 18.7 Å². The smallest absolute Gasteiger partial charge is 0.0576 e. The van der Waals surface area contributed by atoms with Gasteiger partial charge in [-0.05, 0) is 38.7 Å². The molecular formula is C12H21N3. The molecule has 2 unspecified atom stereocenters. The average molecular weight is 207 g/mol. The molecular weight excluding hydrogens is 186 g/mol. The quantitative estimate of drug-likeness (QED) is 0.744. The molecule has 0 aliphatic rings. The van der Waals surface area contributed by atoms with E-state index in [0.29, 0.717) is 12.0 Å². The lowest BCUT2D eigenvalue weighted by Crippen LogP contribution is -2.32. The van der Waals surface area contributed by atoms with Gasteiger partial charge >= 0.3 is 0 Å². The molecule has 3 heteroatoms. The van der Waals surface area contributed by atoms with Gasteiger partial charge < -0.3 is 10.6 Å². The monoisotopic (exact) mass is 207 g/mol. The molecule has 1 aromatic heterocycles. The summed E-state index contributed by atoms with van der Waals surface area (Å²) in [5.74, 6) is 0.579. The molecule has 2 N–H and O–H groups in total. The number of hydrogen-bond acceptors (Lipinski definition) is 3. The van der Waals surface area contributed by atoms with Gasteiger partial charge in [0, 0.05) is 6.20 Å². The Labute approximate surface area is 92.3 Å². The predicted octanol–water partition coefficient (Wildman–Crippen LogP) is 1.59. The van der Waals surface area contributed by atoms with Crippen LogP contribution in [0.2, 0.25) is 0 Å². The van der Waals surface area contributed by atoms with Crippen LogP contribution in [0.4, 0.5) is 0 Å². The van der Waals surface area contributed by atoms with E-state index in [1.54, 1.807) is 0 Å². The van der Waals surface area contributed by atoms with Gasteiger partial charge in [0.25, 0.3) is 0 Å². The first kappa shape index (κ1) is 12.1. The summed E-state index contributed by atoms with van der Waals surface area (Å²) in [6.45, 7) is 3.23. The van der Waals surface area contributed by atoms with Crippen LogP contribution in [-0.2, 0) is 0 Å². The summed E-state index contributed by atoms with van der Waals surface area (Å²) in [5, 5.41) is 6.59. The number of nitrogens with zero attached hydrogens (tertiary/aromatic N) is 1. The summed E-state index contributed by atoms with van der Waals surface area (Å²) >= 11 is 0. The molecule has 1 rings (SSSR count). The largest absolute Gasteiger partial charge is 0.319 e. The third kappa shape index (κ3) is 3.29. The number of pyridine rings is 1. The molecule has 1 aromatic rings. The highest BCUT2D eigenvalue weighted by Crippen LogP contribution is 2.21. The summed E-state index contributed by atoms with van der Waals surface area (Å²) in [5.41, 5.74) is 1.13. The van der Waals surface area contributed by atoms with E-state index in [9.17, 15) is 0 Å². The van der Waals surface area contributed by atoms with Crippen molar-refractivity contribution in [1.82, 2.24) is 15.6 Å². The maximum absolute atomic E-state index is 4.41. The summed E-state index contributed by atoms with van der Waals surface area (Å²) < 4.78 is 0. The Bertz CT molecular complexity index is 261. The Morgan fingerprint density at radius 2 is 2.13 bits per heavy atom. The van der Waals surface area contributed by atoms with Gasteiger partial charge in [0.2, 0.25) is 0 Å². The van der Waals surface area contributed by atoms with E-state index >= 15 is 0 Å². The average Bonchev–Trinajstić information content (AvgIpc) is 2.30. The van der Waals surface area contributed by atoms with Crippen molar-refractivity contribution in [3.05, 3.63) is 30.1 Å². The minimum atomic E-state index is 0.337. The number of hydrogen-bond donors (Lipinski definition) is 2. The fraction of sp³-hybridized carbons (Fsp3) is 0.583. The van der Waals surface area contributed by atoms with Crippen LogP contribution in [0.3, 0.4) is 0 Å². The lowest BCUT2D eigenvalue weighted by Gasteiger charge is -2.25. The summed E-state index contributed by atoms with van der Waals surface area (Å²) in [6, 6.07) is 6.41. The van der Waals surface area contributed by atoms with E-state index in [4.69, 9.17) is 0 Å². The first-order chi connectivity index (χ1) is 7.33. The molecule has 0 fully saturated rings. The Kier molecular flexibility index (Phi) is 5.29. The molecule has 0 amide bonds. The second kappa shape index (κ2) is 6.53. The SMILES string of the molecule is CCC(CNC)C(NC)c1ccccn1. The zero-order valence-corrected chi connectivity index (χ0v) is 9.83. The van der Waals surface area contributed by atoms with Crippen molar-refractivity contribution in [2.75, 3.05) is 20.6 Å². The van der Waals surface area contributed by atoms with E-state index in [2.05, 4.69) is 28.6 Å². The molecule has 1 heterocycles. The summed E-state index contributed by atoms with van der Waals surface area (Å²) in [4.78, 5) is 4.41. The second-order valence-electron chi connectivity index (χ2n) is 3.75. The van der Waals surface area contributed by atoms with Crippen molar-refractivity contribution in [2.45, 2.75) is 19.4 Å². The first-order valence-electron chi connectivity index (χ1n) is 5.56. The fourth-order valence-corrected chi connectivity index (χ4v) is 1.95. The Morgan fingerprint density at radius 1 is 1.33 bits per heavy atom. The van der Waals surface area contributed by atoms with Crippen LogP contribution in [0, 0.1) is 5.92 Å². The van der Waals surface area contributed by atoms with Gasteiger partial charge in [0.1, 0.15) is 0 Å².